The average Bonchev–Trinajstić information content (AvgIpc) is 2.74. The van der Waals surface area contributed by atoms with Crippen molar-refractivity contribution >= 4 is 17.3 Å². The van der Waals surface area contributed by atoms with Crippen molar-refractivity contribution in [3.8, 4) is 5.69 Å². The summed E-state index contributed by atoms with van der Waals surface area (Å²) in [6.45, 7) is 0. The maximum absolute atomic E-state index is 13.1. The second-order valence-electron chi connectivity index (χ2n) is 3.10. The second kappa shape index (κ2) is 3.94. The second-order valence-corrected chi connectivity index (χ2v) is 3.51. The molecule has 16 heavy (non-hydrogen) atoms. The Morgan fingerprint density at radius 1 is 1.31 bits per heavy atom. The lowest BCUT2D eigenvalue weighted by molar-refractivity contribution is -0.384. The van der Waals surface area contributed by atoms with Crippen LogP contribution in [0.4, 0.5) is 10.1 Å². The summed E-state index contributed by atoms with van der Waals surface area (Å²) in [4.78, 5) is 10.1. The third-order valence-electron chi connectivity index (χ3n) is 2.10. The Morgan fingerprint density at radius 2 is 1.94 bits per heavy atom. The largest absolute Gasteiger partial charge is 0.318 e. The van der Waals surface area contributed by atoms with Gasteiger partial charge in [-0.05, 0) is 18.2 Å². The molecule has 0 spiro atoms. The van der Waals surface area contributed by atoms with E-state index in [2.05, 4.69) is 0 Å². The maximum Gasteiger partial charge on any atom is 0.296 e. The van der Waals surface area contributed by atoms with Crippen molar-refractivity contribution < 1.29 is 9.31 Å². The zero-order chi connectivity index (χ0) is 11.7. The topological polar surface area (TPSA) is 48.1 Å². The van der Waals surface area contributed by atoms with Crippen molar-refractivity contribution in [1.82, 2.24) is 4.57 Å². The first kappa shape index (κ1) is 10.6. The van der Waals surface area contributed by atoms with E-state index >= 15 is 0 Å². The van der Waals surface area contributed by atoms with Gasteiger partial charge in [0.2, 0.25) is 0 Å². The summed E-state index contributed by atoms with van der Waals surface area (Å²) in [6.07, 6.45) is 3.24. The molecule has 0 N–H and O–H groups in total. The van der Waals surface area contributed by atoms with Crippen molar-refractivity contribution in [2.75, 3.05) is 0 Å². The Morgan fingerprint density at radius 3 is 2.50 bits per heavy atom. The van der Waals surface area contributed by atoms with Crippen LogP contribution in [0.5, 0.6) is 0 Å². The summed E-state index contributed by atoms with van der Waals surface area (Å²) in [5, 5.41) is 10.6. The predicted octanol–water partition coefficient (Wildman–Crippen LogP) is 3.18. The van der Waals surface area contributed by atoms with Gasteiger partial charge in [-0.2, -0.15) is 0 Å². The minimum absolute atomic E-state index is 0.144. The van der Waals surface area contributed by atoms with Crippen LogP contribution in [0.3, 0.4) is 0 Å². The summed E-state index contributed by atoms with van der Waals surface area (Å²) in [5.74, 6) is -0.802. The molecule has 0 bridgehead atoms. The number of halogens is 2. The highest BCUT2D eigenvalue weighted by molar-refractivity contribution is 6.31. The summed E-state index contributed by atoms with van der Waals surface area (Å²) in [5.41, 5.74) is -0.0838. The van der Waals surface area contributed by atoms with Gasteiger partial charge in [0.1, 0.15) is 11.5 Å². The van der Waals surface area contributed by atoms with Crippen molar-refractivity contribution in [3.05, 3.63) is 57.6 Å². The third-order valence-corrected chi connectivity index (χ3v) is 2.39. The Hall–Kier alpha value is -1.88. The molecule has 1 aromatic heterocycles. The van der Waals surface area contributed by atoms with Gasteiger partial charge in [-0.3, -0.25) is 10.1 Å². The zero-order valence-electron chi connectivity index (χ0n) is 7.93. The molecule has 0 atom stereocenters. The van der Waals surface area contributed by atoms with Gasteiger partial charge in [0.25, 0.3) is 5.69 Å². The Kier molecular flexibility index (Phi) is 2.62. The molecule has 2 rings (SSSR count). The first-order valence-corrected chi connectivity index (χ1v) is 4.74. The number of nitrogens with zero attached hydrogens (tertiary/aromatic N) is 2. The molecule has 0 radical (unpaired) electrons. The van der Waals surface area contributed by atoms with E-state index in [-0.39, 0.29) is 16.4 Å². The molecular weight excluding hydrogens is 235 g/mol. The van der Waals surface area contributed by atoms with Crippen LogP contribution in [0.25, 0.3) is 5.69 Å². The van der Waals surface area contributed by atoms with Gasteiger partial charge >= 0.3 is 0 Å². The Bertz CT molecular complexity index is 540. The van der Waals surface area contributed by atoms with Crippen molar-refractivity contribution in [2.24, 2.45) is 0 Å². The van der Waals surface area contributed by atoms with Crippen molar-refractivity contribution in [2.45, 2.75) is 0 Å². The Labute approximate surface area is 95.0 Å². The van der Waals surface area contributed by atoms with E-state index in [9.17, 15) is 14.5 Å². The van der Waals surface area contributed by atoms with Gasteiger partial charge in [0.15, 0.2) is 0 Å². The number of rotatable bonds is 2. The number of hydrogen-bond acceptors (Lipinski definition) is 2. The SMILES string of the molecule is O=[N+]([O-])c1cc(F)c(Cl)cc1-n1cccc1. The number of benzene rings is 1. The minimum Gasteiger partial charge on any atom is -0.318 e. The standard InChI is InChI=1S/C10H6ClFN2O2/c11-7-5-9(13-3-1-2-4-13)10(14(15)16)6-8(7)12/h1-6H. The molecule has 2 aromatic rings. The number of nitro groups is 1. The van der Waals surface area contributed by atoms with E-state index in [1.54, 1.807) is 24.5 Å². The highest BCUT2D eigenvalue weighted by atomic mass is 35.5. The molecule has 6 heteroatoms. The molecule has 0 unspecified atom stereocenters. The van der Waals surface area contributed by atoms with Crippen LogP contribution in [-0.4, -0.2) is 9.49 Å². The van der Waals surface area contributed by atoms with Gasteiger partial charge < -0.3 is 4.57 Å². The first-order valence-electron chi connectivity index (χ1n) is 4.36. The predicted molar refractivity (Wildman–Crippen MR) is 57.4 cm³/mol. The monoisotopic (exact) mass is 240 g/mol. The van der Waals surface area contributed by atoms with Crippen LogP contribution < -0.4 is 0 Å². The van der Waals surface area contributed by atoms with Crippen LogP contribution in [-0.2, 0) is 0 Å². The van der Waals surface area contributed by atoms with Crippen LogP contribution in [0.1, 0.15) is 0 Å². The number of aromatic nitrogens is 1. The van der Waals surface area contributed by atoms with Gasteiger partial charge in [-0.25, -0.2) is 4.39 Å². The third kappa shape index (κ3) is 1.77. The van der Waals surface area contributed by atoms with Gasteiger partial charge in [0.05, 0.1) is 16.0 Å². The highest BCUT2D eigenvalue weighted by Gasteiger charge is 2.18. The van der Waals surface area contributed by atoms with Crippen molar-refractivity contribution in [1.29, 1.82) is 0 Å². The lowest BCUT2D eigenvalue weighted by atomic mass is 10.2. The van der Waals surface area contributed by atoms with E-state index in [0.717, 1.165) is 6.07 Å². The molecule has 1 aromatic carbocycles. The molecule has 0 saturated heterocycles. The molecule has 0 saturated carbocycles. The van der Waals surface area contributed by atoms with E-state index < -0.39 is 10.7 Å². The summed E-state index contributed by atoms with van der Waals surface area (Å²) < 4.78 is 14.6. The summed E-state index contributed by atoms with van der Waals surface area (Å²) in [6, 6.07) is 5.47. The van der Waals surface area contributed by atoms with Crippen LogP contribution >= 0.6 is 11.6 Å². The molecule has 0 amide bonds. The van der Waals surface area contributed by atoms with Crippen LogP contribution in [0.2, 0.25) is 5.02 Å². The summed E-state index contributed by atoms with van der Waals surface area (Å²) >= 11 is 5.60. The average molecular weight is 241 g/mol. The van der Waals surface area contributed by atoms with E-state index in [4.69, 9.17) is 11.6 Å². The quantitative estimate of drug-likeness (QED) is 0.598. The van der Waals surface area contributed by atoms with Crippen LogP contribution in [0, 0.1) is 15.9 Å². The molecular formula is C10H6ClFN2O2. The molecule has 4 nitrogen and oxygen atoms in total. The lowest BCUT2D eigenvalue weighted by Crippen LogP contribution is -1.99. The molecule has 0 aliphatic heterocycles. The molecule has 82 valence electrons. The molecule has 1 heterocycles. The van der Waals surface area contributed by atoms with Crippen LogP contribution in [0.15, 0.2) is 36.7 Å². The molecule has 0 fully saturated rings. The number of nitro benzene ring substituents is 1. The van der Waals surface area contributed by atoms with E-state index in [0.29, 0.717) is 0 Å². The van der Waals surface area contributed by atoms with E-state index in [1.807, 2.05) is 0 Å². The highest BCUT2D eigenvalue weighted by Crippen LogP contribution is 2.28. The lowest BCUT2D eigenvalue weighted by Gasteiger charge is -2.05. The van der Waals surface area contributed by atoms with Gasteiger partial charge in [-0.15, -0.1) is 0 Å². The maximum atomic E-state index is 13.1. The fourth-order valence-corrected chi connectivity index (χ4v) is 1.53. The normalized spacial score (nSPS) is 10.4. The number of hydrogen-bond donors (Lipinski definition) is 0. The summed E-state index contributed by atoms with van der Waals surface area (Å²) in [7, 11) is 0. The first-order chi connectivity index (χ1) is 7.59. The van der Waals surface area contributed by atoms with Crippen molar-refractivity contribution in [3.63, 3.8) is 0 Å². The van der Waals surface area contributed by atoms with Gasteiger partial charge in [-0.1, -0.05) is 11.6 Å². The smallest absolute Gasteiger partial charge is 0.296 e. The fraction of sp³-hybridized carbons (Fsp3) is 0. The molecule has 0 aliphatic rings. The fourth-order valence-electron chi connectivity index (χ4n) is 1.37. The minimum atomic E-state index is -0.802. The Balaban J connectivity index is 2.68. The molecule has 0 aliphatic carbocycles. The van der Waals surface area contributed by atoms with E-state index in [1.165, 1.54) is 10.6 Å². The zero-order valence-corrected chi connectivity index (χ0v) is 8.69. The van der Waals surface area contributed by atoms with Gasteiger partial charge in [0, 0.05) is 12.4 Å².